The van der Waals surface area contributed by atoms with E-state index in [0.29, 0.717) is 28.9 Å². The summed E-state index contributed by atoms with van der Waals surface area (Å²) in [5, 5.41) is 12.1. The van der Waals surface area contributed by atoms with Crippen LogP contribution in [-0.4, -0.2) is 10.2 Å². The molecule has 0 bridgehead atoms. The maximum atomic E-state index is 13.4. The zero-order chi connectivity index (χ0) is 20.2. The van der Waals surface area contributed by atoms with Gasteiger partial charge in [0.25, 0.3) is 0 Å². The minimum Gasteiger partial charge on any atom is -0.419 e. The normalized spacial score (nSPS) is 11.7. The molecule has 1 unspecified atom stereocenters. The van der Waals surface area contributed by atoms with E-state index in [9.17, 15) is 8.78 Å². The number of hydrogen-bond donors (Lipinski definition) is 1. The highest BCUT2D eigenvalue weighted by Gasteiger charge is 2.22. The van der Waals surface area contributed by atoms with E-state index in [1.807, 2.05) is 12.1 Å². The van der Waals surface area contributed by atoms with Crippen molar-refractivity contribution in [1.29, 1.82) is 0 Å². The van der Waals surface area contributed by atoms with E-state index in [1.54, 1.807) is 36.4 Å². The van der Waals surface area contributed by atoms with Crippen LogP contribution in [0.5, 0.6) is 0 Å². The van der Waals surface area contributed by atoms with Crippen LogP contribution in [0.1, 0.15) is 23.1 Å². The van der Waals surface area contributed by atoms with Crippen LogP contribution in [0.15, 0.2) is 77.2 Å². The van der Waals surface area contributed by atoms with E-state index in [4.69, 9.17) is 16.0 Å². The summed E-state index contributed by atoms with van der Waals surface area (Å²) >= 11 is 6.22. The van der Waals surface area contributed by atoms with Crippen molar-refractivity contribution in [2.75, 3.05) is 0 Å². The second-order valence-corrected chi connectivity index (χ2v) is 6.82. The van der Waals surface area contributed by atoms with Gasteiger partial charge in [0, 0.05) is 6.54 Å². The fourth-order valence-electron chi connectivity index (χ4n) is 2.92. The Balaban J connectivity index is 0.00000256. The minimum absolute atomic E-state index is 0. The van der Waals surface area contributed by atoms with E-state index in [-0.39, 0.29) is 24.0 Å². The summed E-state index contributed by atoms with van der Waals surface area (Å²) in [6.07, 6.45) is 0. The minimum atomic E-state index is -0.482. The van der Waals surface area contributed by atoms with Crippen molar-refractivity contribution in [2.45, 2.75) is 12.6 Å². The molecule has 0 fully saturated rings. The highest BCUT2D eigenvalue weighted by molar-refractivity contribution is 6.33. The molecule has 1 heterocycles. The van der Waals surface area contributed by atoms with Crippen molar-refractivity contribution >= 4 is 24.0 Å². The molecule has 154 valence electrons. The lowest BCUT2D eigenvalue weighted by Crippen LogP contribution is -2.22. The summed E-state index contributed by atoms with van der Waals surface area (Å²) in [6.45, 7) is 0.423. The van der Waals surface area contributed by atoms with Crippen molar-refractivity contribution < 1.29 is 13.2 Å². The van der Waals surface area contributed by atoms with Crippen molar-refractivity contribution in [3.63, 3.8) is 0 Å². The standard InChI is InChI=1S/C22H16ClF2N3O.ClH/c23-19-4-2-1-3-18(19)21-27-28-22(29-21)20(15-7-11-17(25)12-8-15)26-13-14-5-9-16(24)10-6-14;/h1-12,20,26H,13H2;1H. The number of rotatable bonds is 6. The highest BCUT2D eigenvalue weighted by atomic mass is 35.5. The summed E-state index contributed by atoms with van der Waals surface area (Å²) in [5.74, 6) is -0.0339. The first kappa shape index (κ1) is 21.9. The van der Waals surface area contributed by atoms with Gasteiger partial charge in [-0.2, -0.15) is 0 Å². The van der Waals surface area contributed by atoms with Gasteiger partial charge in [0.2, 0.25) is 11.8 Å². The van der Waals surface area contributed by atoms with Gasteiger partial charge in [0.15, 0.2) is 0 Å². The Morgan fingerprint density at radius 3 is 2.17 bits per heavy atom. The molecule has 0 aliphatic carbocycles. The van der Waals surface area contributed by atoms with E-state index in [0.717, 1.165) is 11.1 Å². The first-order valence-electron chi connectivity index (χ1n) is 8.92. The first-order chi connectivity index (χ1) is 14.1. The molecule has 0 aliphatic heterocycles. The second kappa shape index (κ2) is 9.80. The van der Waals surface area contributed by atoms with E-state index < -0.39 is 6.04 Å². The van der Waals surface area contributed by atoms with Gasteiger partial charge in [-0.3, -0.25) is 5.32 Å². The summed E-state index contributed by atoms with van der Waals surface area (Å²) in [7, 11) is 0. The van der Waals surface area contributed by atoms with Gasteiger partial charge in [0.05, 0.1) is 10.6 Å². The van der Waals surface area contributed by atoms with Crippen molar-refractivity contribution in [1.82, 2.24) is 15.5 Å². The largest absolute Gasteiger partial charge is 0.419 e. The van der Waals surface area contributed by atoms with Gasteiger partial charge < -0.3 is 4.42 Å². The Labute approximate surface area is 183 Å². The maximum Gasteiger partial charge on any atom is 0.249 e. The molecule has 0 amide bonds. The lowest BCUT2D eigenvalue weighted by molar-refractivity contribution is 0.437. The van der Waals surface area contributed by atoms with E-state index in [2.05, 4.69) is 15.5 Å². The molecule has 1 aromatic heterocycles. The zero-order valence-electron chi connectivity index (χ0n) is 15.6. The highest BCUT2D eigenvalue weighted by Crippen LogP contribution is 2.29. The zero-order valence-corrected chi connectivity index (χ0v) is 17.1. The Kier molecular flexibility index (Phi) is 7.15. The van der Waals surface area contributed by atoms with E-state index in [1.165, 1.54) is 24.3 Å². The second-order valence-electron chi connectivity index (χ2n) is 6.42. The fourth-order valence-corrected chi connectivity index (χ4v) is 3.14. The summed E-state index contributed by atoms with van der Waals surface area (Å²) in [5.41, 5.74) is 2.26. The molecule has 4 nitrogen and oxygen atoms in total. The Morgan fingerprint density at radius 2 is 1.50 bits per heavy atom. The van der Waals surface area contributed by atoms with Gasteiger partial charge in [-0.1, -0.05) is 48.0 Å². The number of halogens is 4. The van der Waals surface area contributed by atoms with Crippen LogP contribution in [0.25, 0.3) is 11.5 Å². The molecule has 8 heteroatoms. The number of benzene rings is 3. The smallest absolute Gasteiger partial charge is 0.249 e. The van der Waals surface area contributed by atoms with Gasteiger partial charge in [-0.05, 0) is 47.5 Å². The third kappa shape index (κ3) is 5.02. The Morgan fingerprint density at radius 1 is 0.867 bits per heavy atom. The predicted octanol–water partition coefficient (Wildman–Crippen LogP) is 5.97. The Bertz CT molecular complexity index is 1100. The monoisotopic (exact) mass is 447 g/mol. The molecule has 0 aliphatic rings. The number of nitrogens with zero attached hydrogens (tertiary/aromatic N) is 2. The predicted molar refractivity (Wildman–Crippen MR) is 113 cm³/mol. The number of hydrogen-bond acceptors (Lipinski definition) is 4. The average molecular weight is 448 g/mol. The molecule has 4 aromatic rings. The lowest BCUT2D eigenvalue weighted by atomic mass is 10.1. The van der Waals surface area contributed by atoms with Crippen LogP contribution in [0.3, 0.4) is 0 Å². The molecule has 0 radical (unpaired) electrons. The van der Waals surface area contributed by atoms with Gasteiger partial charge in [0.1, 0.15) is 17.7 Å². The molecule has 0 saturated carbocycles. The molecule has 3 aromatic carbocycles. The number of nitrogens with one attached hydrogen (secondary N) is 1. The summed E-state index contributed by atoms with van der Waals surface area (Å²) in [6, 6.07) is 18.9. The fraction of sp³-hybridized carbons (Fsp3) is 0.0909. The molecule has 1 N–H and O–H groups in total. The molecule has 30 heavy (non-hydrogen) atoms. The average Bonchev–Trinajstić information content (AvgIpc) is 3.21. The van der Waals surface area contributed by atoms with Crippen molar-refractivity contribution in [2.24, 2.45) is 0 Å². The molecule has 0 spiro atoms. The van der Waals surface area contributed by atoms with E-state index >= 15 is 0 Å². The quantitative estimate of drug-likeness (QED) is 0.395. The van der Waals surface area contributed by atoms with Crippen LogP contribution in [0.4, 0.5) is 8.78 Å². The summed E-state index contributed by atoms with van der Waals surface area (Å²) in [4.78, 5) is 0. The third-order valence-corrected chi connectivity index (χ3v) is 4.75. The van der Waals surface area contributed by atoms with Gasteiger partial charge in [-0.25, -0.2) is 8.78 Å². The van der Waals surface area contributed by atoms with Gasteiger partial charge in [-0.15, -0.1) is 22.6 Å². The van der Waals surface area contributed by atoms with Crippen LogP contribution < -0.4 is 5.32 Å². The van der Waals surface area contributed by atoms with Crippen LogP contribution in [0.2, 0.25) is 5.02 Å². The first-order valence-corrected chi connectivity index (χ1v) is 9.29. The Hall–Kier alpha value is -2.80. The molecule has 4 rings (SSSR count). The summed E-state index contributed by atoms with van der Waals surface area (Å²) < 4.78 is 32.4. The van der Waals surface area contributed by atoms with Crippen molar-refractivity contribution in [3.8, 4) is 11.5 Å². The van der Waals surface area contributed by atoms with Crippen LogP contribution in [-0.2, 0) is 6.54 Å². The van der Waals surface area contributed by atoms with Gasteiger partial charge >= 0.3 is 0 Å². The molecular formula is C22H17Cl2F2N3O. The third-order valence-electron chi connectivity index (χ3n) is 4.42. The van der Waals surface area contributed by atoms with Crippen LogP contribution >= 0.6 is 24.0 Å². The van der Waals surface area contributed by atoms with Crippen molar-refractivity contribution in [3.05, 3.63) is 106 Å². The molecule has 1 atom stereocenters. The SMILES string of the molecule is Cl.Fc1ccc(CNC(c2ccc(F)cc2)c2nnc(-c3ccccc3Cl)o2)cc1. The lowest BCUT2D eigenvalue weighted by Gasteiger charge is -2.16. The molecular weight excluding hydrogens is 431 g/mol. The van der Waals surface area contributed by atoms with Crippen LogP contribution in [0, 0.1) is 11.6 Å². The number of aromatic nitrogens is 2. The maximum absolute atomic E-state index is 13.4. The molecule has 0 saturated heterocycles. The topological polar surface area (TPSA) is 51.0 Å².